The minimum atomic E-state index is -0.0652. The van der Waals surface area contributed by atoms with Crippen LogP contribution in [-0.4, -0.2) is 31.6 Å². The van der Waals surface area contributed by atoms with Gasteiger partial charge in [-0.15, -0.1) is 0 Å². The molecule has 0 saturated heterocycles. The Bertz CT molecular complexity index is 665. The molecule has 3 amide bonds. The van der Waals surface area contributed by atoms with Crippen LogP contribution in [0.3, 0.4) is 0 Å². The highest BCUT2D eigenvalue weighted by Gasteiger charge is 2.02. The molecule has 0 radical (unpaired) electrons. The van der Waals surface area contributed by atoms with Crippen molar-refractivity contribution in [3.05, 3.63) is 35.9 Å². The molecule has 0 atom stereocenters. The fourth-order valence-corrected chi connectivity index (χ4v) is 4.81. The van der Waals surface area contributed by atoms with E-state index >= 15 is 0 Å². The van der Waals surface area contributed by atoms with E-state index < -0.39 is 0 Å². The number of carbonyl (C=O) groups excluding carboxylic acids is 2. The summed E-state index contributed by atoms with van der Waals surface area (Å²) in [5.41, 5.74) is 1.24. The summed E-state index contributed by atoms with van der Waals surface area (Å²) in [6.45, 7) is 4.39. The number of amides is 3. The van der Waals surface area contributed by atoms with Gasteiger partial charge in [0.1, 0.15) is 0 Å². The molecule has 1 rings (SSSR count). The first-order chi connectivity index (χ1) is 18.7. The molecule has 1 aromatic carbocycles. The number of carbonyl (C=O) groups is 2. The lowest BCUT2D eigenvalue weighted by molar-refractivity contribution is -0.121. The second-order valence-corrected chi connectivity index (χ2v) is 10.9. The van der Waals surface area contributed by atoms with Gasteiger partial charge >= 0.3 is 6.03 Å². The second-order valence-electron chi connectivity index (χ2n) is 10.9. The van der Waals surface area contributed by atoms with Gasteiger partial charge in [-0.1, -0.05) is 140 Å². The van der Waals surface area contributed by atoms with E-state index in [0.29, 0.717) is 19.5 Å². The molecule has 0 aromatic heterocycles. The Kier molecular flexibility index (Phi) is 23.8. The molecule has 0 aliphatic carbocycles. The summed E-state index contributed by atoms with van der Waals surface area (Å²) in [5.74, 6) is 0.116. The van der Waals surface area contributed by atoms with Gasteiger partial charge in [-0.25, -0.2) is 4.79 Å². The molecule has 0 aliphatic rings. The molecule has 0 aliphatic heterocycles. The van der Waals surface area contributed by atoms with Crippen molar-refractivity contribution in [1.82, 2.24) is 16.0 Å². The van der Waals surface area contributed by atoms with Crippen molar-refractivity contribution >= 4 is 11.9 Å². The fourth-order valence-electron chi connectivity index (χ4n) is 4.81. The summed E-state index contributed by atoms with van der Waals surface area (Å²) in [6.07, 6.45) is 25.9. The maximum Gasteiger partial charge on any atom is 0.314 e. The number of rotatable bonds is 26. The van der Waals surface area contributed by atoms with Crippen molar-refractivity contribution < 1.29 is 9.59 Å². The summed E-state index contributed by atoms with van der Waals surface area (Å²) >= 11 is 0. The Balaban J connectivity index is 1.75. The van der Waals surface area contributed by atoms with Crippen LogP contribution in [0.15, 0.2) is 30.3 Å². The lowest BCUT2D eigenvalue weighted by Crippen LogP contribution is -2.36. The standard InChI is InChI=1S/C33H59N3O2/c1-2-3-4-5-6-7-8-9-10-11-12-13-14-15-16-22-28-35-33(38)36-29-23-18-21-26-32(37)34-30-27-31-24-19-17-20-25-31/h17,19-20,24-25H,2-16,18,21-23,26-30H2,1H3,(H,34,37)(H2,35,36,38). The van der Waals surface area contributed by atoms with Crippen LogP contribution < -0.4 is 16.0 Å². The number of hydrogen-bond acceptors (Lipinski definition) is 2. The molecule has 1 aromatic rings. The molecular formula is C33H59N3O2. The van der Waals surface area contributed by atoms with Crippen LogP contribution in [0.2, 0.25) is 0 Å². The molecular weight excluding hydrogens is 470 g/mol. The number of unbranched alkanes of at least 4 members (excludes halogenated alkanes) is 17. The average Bonchev–Trinajstić information content (AvgIpc) is 2.93. The summed E-state index contributed by atoms with van der Waals surface area (Å²) in [7, 11) is 0. The maximum absolute atomic E-state index is 11.9. The van der Waals surface area contributed by atoms with E-state index in [9.17, 15) is 9.59 Å². The molecule has 3 N–H and O–H groups in total. The molecule has 0 bridgehead atoms. The minimum absolute atomic E-state index is 0.0652. The van der Waals surface area contributed by atoms with Gasteiger partial charge in [-0.05, 0) is 31.2 Å². The Morgan fingerprint density at radius 3 is 1.47 bits per heavy atom. The predicted molar refractivity (Wildman–Crippen MR) is 163 cm³/mol. The van der Waals surface area contributed by atoms with Gasteiger partial charge in [0.05, 0.1) is 0 Å². The van der Waals surface area contributed by atoms with Crippen molar-refractivity contribution in [1.29, 1.82) is 0 Å². The molecule has 38 heavy (non-hydrogen) atoms. The second kappa shape index (κ2) is 26.6. The zero-order valence-electron chi connectivity index (χ0n) is 24.7. The minimum Gasteiger partial charge on any atom is -0.356 e. The normalized spacial score (nSPS) is 10.9. The highest BCUT2D eigenvalue weighted by atomic mass is 16.2. The Labute approximate surface area is 234 Å². The lowest BCUT2D eigenvalue weighted by atomic mass is 10.0. The Morgan fingerprint density at radius 1 is 0.526 bits per heavy atom. The Hall–Kier alpha value is -2.04. The van der Waals surface area contributed by atoms with Crippen LogP contribution in [0.5, 0.6) is 0 Å². The molecule has 0 unspecified atom stereocenters. The van der Waals surface area contributed by atoms with Gasteiger partial charge in [-0.2, -0.15) is 0 Å². The smallest absolute Gasteiger partial charge is 0.314 e. The molecule has 218 valence electrons. The molecule has 0 fully saturated rings. The van der Waals surface area contributed by atoms with E-state index in [-0.39, 0.29) is 11.9 Å². The third-order valence-electron chi connectivity index (χ3n) is 7.26. The number of nitrogens with one attached hydrogen (secondary N) is 3. The summed E-state index contributed by atoms with van der Waals surface area (Å²) in [6, 6.07) is 10.1. The number of hydrogen-bond donors (Lipinski definition) is 3. The Morgan fingerprint density at radius 2 is 0.974 bits per heavy atom. The van der Waals surface area contributed by atoms with Gasteiger partial charge < -0.3 is 16.0 Å². The van der Waals surface area contributed by atoms with Gasteiger partial charge in [0, 0.05) is 26.1 Å². The topological polar surface area (TPSA) is 70.2 Å². The van der Waals surface area contributed by atoms with E-state index in [4.69, 9.17) is 0 Å². The number of urea groups is 1. The van der Waals surface area contributed by atoms with E-state index in [1.165, 1.54) is 102 Å². The first kappa shape index (κ1) is 34.0. The van der Waals surface area contributed by atoms with E-state index in [0.717, 1.165) is 38.6 Å². The van der Waals surface area contributed by atoms with Crippen LogP contribution in [-0.2, 0) is 11.2 Å². The highest BCUT2D eigenvalue weighted by Crippen LogP contribution is 2.13. The quantitative estimate of drug-likeness (QED) is 0.105. The van der Waals surface area contributed by atoms with Crippen molar-refractivity contribution in [2.24, 2.45) is 0 Å². The van der Waals surface area contributed by atoms with Crippen molar-refractivity contribution in [2.75, 3.05) is 19.6 Å². The third kappa shape index (κ3) is 23.1. The SMILES string of the molecule is CCCCCCCCCCCCCCCCCCNC(=O)NCCCCCC(=O)NCCc1ccccc1. The molecule has 0 spiro atoms. The average molecular weight is 530 g/mol. The van der Waals surface area contributed by atoms with E-state index in [1.54, 1.807) is 0 Å². The lowest BCUT2D eigenvalue weighted by Gasteiger charge is -2.08. The largest absolute Gasteiger partial charge is 0.356 e. The molecule has 0 heterocycles. The van der Waals surface area contributed by atoms with Crippen LogP contribution in [0.1, 0.15) is 141 Å². The molecule has 0 saturated carbocycles. The van der Waals surface area contributed by atoms with Crippen LogP contribution in [0.25, 0.3) is 0 Å². The fraction of sp³-hybridized carbons (Fsp3) is 0.758. The van der Waals surface area contributed by atoms with Crippen molar-refractivity contribution in [3.63, 3.8) is 0 Å². The number of benzene rings is 1. The van der Waals surface area contributed by atoms with Crippen LogP contribution >= 0.6 is 0 Å². The van der Waals surface area contributed by atoms with E-state index in [2.05, 4.69) is 35.0 Å². The monoisotopic (exact) mass is 529 g/mol. The van der Waals surface area contributed by atoms with Gasteiger partial charge in [0.25, 0.3) is 0 Å². The van der Waals surface area contributed by atoms with Crippen LogP contribution in [0.4, 0.5) is 4.79 Å². The van der Waals surface area contributed by atoms with Gasteiger partial charge in [-0.3, -0.25) is 4.79 Å². The summed E-state index contributed by atoms with van der Waals surface area (Å²) in [4.78, 5) is 23.8. The summed E-state index contributed by atoms with van der Waals surface area (Å²) < 4.78 is 0. The molecule has 5 nitrogen and oxygen atoms in total. The summed E-state index contributed by atoms with van der Waals surface area (Å²) in [5, 5.41) is 8.88. The highest BCUT2D eigenvalue weighted by molar-refractivity contribution is 5.75. The predicted octanol–water partition coefficient (Wildman–Crippen LogP) is 8.47. The van der Waals surface area contributed by atoms with Crippen molar-refractivity contribution in [3.8, 4) is 0 Å². The first-order valence-corrected chi connectivity index (χ1v) is 16.0. The molecule has 5 heteroatoms. The van der Waals surface area contributed by atoms with Gasteiger partial charge in [0.15, 0.2) is 0 Å². The van der Waals surface area contributed by atoms with Gasteiger partial charge in [0.2, 0.25) is 5.91 Å². The van der Waals surface area contributed by atoms with Crippen molar-refractivity contribution in [2.45, 2.75) is 142 Å². The maximum atomic E-state index is 11.9. The zero-order valence-corrected chi connectivity index (χ0v) is 24.7. The third-order valence-corrected chi connectivity index (χ3v) is 7.26. The zero-order chi connectivity index (χ0) is 27.4. The van der Waals surface area contributed by atoms with E-state index in [1.807, 2.05) is 18.2 Å². The first-order valence-electron chi connectivity index (χ1n) is 16.0. The van der Waals surface area contributed by atoms with Crippen LogP contribution in [0, 0.1) is 0 Å².